The van der Waals surface area contributed by atoms with Crippen molar-refractivity contribution in [1.29, 1.82) is 0 Å². The van der Waals surface area contributed by atoms with Gasteiger partial charge in [-0.2, -0.15) is 0 Å². The molecule has 0 bridgehead atoms. The van der Waals surface area contributed by atoms with E-state index in [9.17, 15) is 14.4 Å². The van der Waals surface area contributed by atoms with Gasteiger partial charge in [-0.3, -0.25) is 14.4 Å². The van der Waals surface area contributed by atoms with E-state index >= 15 is 0 Å². The summed E-state index contributed by atoms with van der Waals surface area (Å²) in [4.78, 5) is 35.1. The van der Waals surface area contributed by atoms with Gasteiger partial charge in [0.15, 0.2) is 12.4 Å². The van der Waals surface area contributed by atoms with E-state index in [-0.39, 0.29) is 17.3 Å². The second kappa shape index (κ2) is 9.01. The summed E-state index contributed by atoms with van der Waals surface area (Å²) in [6.07, 6.45) is 2.02. The Labute approximate surface area is 166 Å². The van der Waals surface area contributed by atoms with Crippen LogP contribution in [0.4, 0.5) is 0 Å². The maximum absolute atomic E-state index is 11.9. The lowest BCUT2D eigenvalue weighted by Crippen LogP contribution is -2.33. The van der Waals surface area contributed by atoms with E-state index in [1.807, 2.05) is 30.3 Å². The monoisotopic (exact) mass is 397 g/mol. The predicted molar refractivity (Wildman–Crippen MR) is 103 cm³/mol. The summed E-state index contributed by atoms with van der Waals surface area (Å²) in [6.45, 7) is 0.118. The van der Waals surface area contributed by atoms with E-state index in [1.54, 1.807) is 24.3 Å². The number of carbonyl (C=O) groups excluding carboxylic acids is 3. The van der Waals surface area contributed by atoms with Gasteiger partial charge in [0.1, 0.15) is 18.1 Å². The predicted octanol–water partition coefficient (Wildman–Crippen LogP) is 2.92. The molecule has 0 aliphatic heterocycles. The van der Waals surface area contributed by atoms with Gasteiger partial charge in [-0.25, -0.2) is 0 Å². The molecular formula is C21H16ClNO5. The van der Waals surface area contributed by atoms with Crippen LogP contribution in [0.2, 0.25) is 0 Å². The highest BCUT2D eigenvalue weighted by Crippen LogP contribution is 2.19. The second-order valence-electron chi connectivity index (χ2n) is 5.86. The molecule has 0 unspecified atom stereocenters. The van der Waals surface area contributed by atoms with Crippen LogP contribution in [-0.4, -0.2) is 24.1 Å². The molecule has 1 aliphatic rings. The molecule has 0 aromatic heterocycles. The number of benzene rings is 2. The number of halogens is 1. The van der Waals surface area contributed by atoms with Gasteiger partial charge in [-0.1, -0.05) is 41.9 Å². The molecule has 1 aliphatic carbocycles. The van der Waals surface area contributed by atoms with E-state index in [1.165, 1.54) is 0 Å². The Bertz CT molecular complexity index is 949. The minimum Gasteiger partial charge on any atom is -0.489 e. The van der Waals surface area contributed by atoms with Crippen molar-refractivity contribution in [3.63, 3.8) is 0 Å². The highest BCUT2D eigenvalue weighted by atomic mass is 35.5. The molecule has 0 fully saturated rings. The minimum absolute atomic E-state index is 0.171. The minimum atomic E-state index is -0.616. The van der Waals surface area contributed by atoms with E-state index < -0.39 is 17.5 Å². The van der Waals surface area contributed by atoms with Gasteiger partial charge >= 0.3 is 0 Å². The number of allylic oxidation sites excluding steroid dienone is 3. The molecule has 2 aromatic rings. The molecule has 0 atom stereocenters. The van der Waals surface area contributed by atoms with Crippen molar-refractivity contribution in [2.45, 2.75) is 6.61 Å². The fourth-order valence-corrected chi connectivity index (χ4v) is 2.58. The van der Waals surface area contributed by atoms with Crippen molar-refractivity contribution < 1.29 is 23.9 Å². The summed E-state index contributed by atoms with van der Waals surface area (Å²) in [5.74, 6) is -0.539. The Morgan fingerprint density at radius 3 is 2.21 bits per heavy atom. The second-order valence-corrected chi connectivity index (χ2v) is 6.27. The molecule has 6 nitrogen and oxygen atoms in total. The van der Waals surface area contributed by atoms with Crippen molar-refractivity contribution in [1.82, 2.24) is 5.32 Å². The molecule has 3 rings (SSSR count). The smallest absolute Gasteiger partial charge is 0.262 e. The molecule has 0 saturated heterocycles. The van der Waals surface area contributed by atoms with Crippen LogP contribution in [0.25, 0.3) is 0 Å². The lowest BCUT2D eigenvalue weighted by atomic mass is 10.1. The molecule has 2 aromatic carbocycles. The van der Waals surface area contributed by atoms with Crippen LogP contribution in [0.3, 0.4) is 0 Å². The van der Waals surface area contributed by atoms with Gasteiger partial charge in [0.2, 0.25) is 5.78 Å². The SMILES string of the molecule is O=C1C=C(Cl)C(=O)C(NC(=O)COc2ccc(OCc3ccccc3)cc2)=C1. The molecule has 7 heteroatoms. The number of Topliss-reactive ketones (excluding diaryl/α,β-unsaturated/α-hetero) is 1. The first-order chi connectivity index (χ1) is 13.5. The normalized spacial score (nSPS) is 13.5. The standard InChI is InChI=1S/C21H16ClNO5/c22-18-10-15(24)11-19(21(18)26)23-20(25)13-28-17-8-6-16(7-9-17)27-12-14-4-2-1-3-5-14/h1-11H,12-13H2,(H,23,25). The van der Waals surface area contributed by atoms with Gasteiger partial charge in [0.05, 0.1) is 10.7 Å². The lowest BCUT2D eigenvalue weighted by molar-refractivity contribution is -0.124. The molecule has 142 valence electrons. The van der Waals surface area contributed by atoms with Crippen LogP contribution in [0.15, 0.2) is 77.5 Å². The summed E-state index contributed by atoms with van der Waals surface area (Å²) in [6, 6.07) is 16.6. The van der Waals surface area contributed by atoms with Crippen molar-refractivity contribution in [3.05, 3.63) is 83.0 Å². The number of carbonyl (C=O) groups is 3. The average Bonchev–Trinajstić information content (AvgIpc) is 2.70. The number of amides is 1. The molecular weight excluding hydrogens is 382 g/mol. The van der Waals surface area contributed by atoms with Gasteiger partial charge in [0.25, 0.3) is 5.91 Å². The zero-order valence-corrected chi connectivity index (χ0v) is 15.4. The third-order valence-electron chi connectivity index (χ3n) is 3.73. The van der Waals surface area contributed by atoms with E-state index in [0.29, 0.717) is 18.1 Å². The Balaban J connectivity index is 1.47. The zero-order valence-electron chi connectivity index (χ0n) is 14.7. The molecule has 0 heterocycles. The van der Waals surface area contributed by atoms with E-state index in [0.717, 1.165) is 17.7 Å². The van der Waals surface area contributed by atoms with Crippen LogP contribution in [0.1, 0.15) is 5.56 Å². The van der Waals surface area contributed by atoms with E-state index in [4.69, 9.17) is 21.1 Å². The van der Waals surface area contributed by atoms with Crippen LogP contribution >= 0.6 is 11.6 Å². The topological polar surface area (TPSA) is 81.7 Å². The molecule has 0 radical (unpaired) electrons. The third-order valence-corrected chi connectivity index (χ3v) is 4.01. The Morgan fingerprint density at radius 1 is 0.893 bits per heavy atom. The Morgan fingerprint density at radius 2 is 1.54 bits per heavy atom. The first-order valence-corrected chi connectivity index (χ1v) is 8.76. The van der Waals surface area contributed by atoms with Gasteiger partial charge in [-0.15, -0.1) is 0 Å². The van der Waals surface area contributed by atoms with Crippen LogP contribution in [0, 0.1) is 0 Å². The number of hydrogen-bond acceptors (Lipinski definition) is 5. The molecule has 28 heavy (non-hydrogen) atoms. The summed E-state index contributed by atoms with van der Waals surface area (Å²) < 4.78 is 11.1. The summed E-state index contributed by atoms with van der Waals surface area (Å²) >= 11 is 5.65. The number of ether oxygens (including phenoxy) is 2. The average molecular weight is 398 g/mol. The maximum atomic E-state index is 11.9. The van der Waals surface area contributed by atoms with Crippen molar-refractivity contribution >= 4 is 29.1 Å². The summed E-state index contributed by atoms with van der Waals surface area (Å²) in [7, 11) is 0. The first kappa shape index (κ1) is 19.4. The van der Waals surface area contributed by atoms with Crippen LogP contribution in [-0.2, 0) is 21.0 Å². The highest BCUT2D eigenvalue weighted by Gasteiger charge is 2.22. The molecule has 1 amide bonds. The summed E-state index contributed by atoms with van der Waals surface area (Å²) in [5, 5.41) is 2.09. The van der Waals surface area contributed by atoms with Crippen molar-refractivity contribution in [2.75, 3.05) is 6.61 Å². The van der Waals surface area contributed by atoms with E-state index in [2.05, 4.69) is 5.32 Å². The fourth-order valence-electron chi connectivity index (χ4n) is 2.37. The molecule has 0 spiro atoms. The molecule has 0 saturated carbocycles. The first-order valence-electron chi connectivity index (χ1n) is 8.38. The molecule has 1 N–H and O–H groups in total. The lowest BCUT2D eigenvalue weighted by Gasteiger charge is -2.12. The number of ketones is 2. The van der Waals surface area contributed by atoms with Gasteiger partial charge < -0.3 is 14.8 Å². The summed E-state index contributed by atoms with van der Waals surface area (Å²) in [5.41, 5.74) is 0.884. The quantitative estimate of drug-likeness (QED) is 0.726. The third kappa shape index (κ3) is 5.31. The zero-order chi connectivity index (χ0) is 19.9. The Hall–Kier alpha value is -3.38. The highest BCUT2D eigenvalue weighted by molar-refractivity contribution is 6.48. The number of hydrogen-bond donors (Lipinski definition) is 1. The Kier molecular flexibility index (Phi) is 6.24. The maximum Gasteiger partial charge on any atom is 0.262 e. The van der Waals surface area contributed by atoms with Gasteiger partial charge in [0, 0.05) is 12.2 Å². The fraction of sp³-hybridized carbons (Fsp3) is 0.0952. The van der Waals surface area contributed by atoms with Crippen molar-refractivity contribution in [3.8, 4) is 11.5 Å². The number of rotatable bonds is 7. The van der Waals surface area contributed by atoms with Gasteiger partial charge in [-0.05, 0) is 29.8 Å². The van der Waals surface area contributed by atoms with Crippen LogP contribution in [0.5, 0.6) is 11.5 Å². The number of nitrogens with one attached hydrogen (secondary N) is 1. The largest absolute Gasteiger partial charge is 0.489 e. The van der Waals surface area contributed by atoms with Crippen molar-refractivity contribution in [2.24, 2.45) is 0 Å². The van der Waals surface area contributed by atoms with Crippen LogP contribution < -0.4 is 14.8 Å².